The Bertz CT molecular complexity index is 441. The lowest BCUT2D eigenvalue weighted by Crippen LogP contribution is -2.44. The van der Waals surface area contributed by atoms with Crippen molar-refractivity contribution in [3.05, 3.63) is 35.9 Å². The van der Waals surface area contributed by atoms with E-state index in [1.807, 2.05) is 58.0 Å². The van der Waals surface area contributed by atoms with Gasteiger partial charge in [-0.15, -0.1) is 0 Å². The summed E-state index contributed by atoms with van der Waals surface area (Å²) in [6.07, 6.45) is -1.23. The van der Waals surface area contributed by atoms with Crippen LogP contribution in [0, 0.1) is 0 Å². The first-order valence-electron chi connectivity index (χ1n) is 7.15. The van der Waals surface area contributed by atoms with Crippen LogP contribution in [0.2, 0.25) is 0 Å². The number of nitrogens with zero attached hydrogens (tertiary/aromatic N) is 1. The lowest BCUT2D eigenvalue weighted by molar-refractivity contribution is 0.0134. The van der Waals surface area contributed by atoms with Gasteiger partial charge in [-0.1, -0.05) is 30.3 Å². The minimum atomic E-state index is -0.766. The van der Waals surface area contributed by atoms with Crippen molar-refractivity contribution < 1.29 is 14.6 Å². The van der Waals surface area contributed by atoms with E-state index in [1.165, 1.54) is 4.90 Å². The van der Waals surface area contributed by atoms with Gasteiger partial charge in [0.1, 0.15) is 5.60 Å². The van der Waals surface area contributed by atoms with E-state index in [-0.39, 0.29) is 12.6 Å². The molecule has 0 bridgehead atoms. The average molecular weight is 294 g/mol. The number of aliphatic hydroxyl groups excluding tert-OH is 1. The van der Waals surface area contributed by atoms with Crippen molar-refractivity contribution in [3.63, 3.8) is 0 Å². The van der Waals surface area contributed by atoms with Gasteiger partial charge >= 0.3 is 6.09 Å². The van der Waals surface area contributed by atoms with E-state index >= 15 is 0 Å². The Kier molecular flexibility index (Phi) is 6.18. The quantitative estimate of drug-likeness (QED) is 0.873. The van der Waals surface area contributed by atoms with Gasteiger partial charge in [0, 0.05) is 12.6 Å². The molecule has 0 spiro atoms. The van der Waals surface area contributed by atoms with Crippen LogP contribution in [0.25, 0.3) is 0 Å². The zero-order chi connectivity index (χ0) is 16.0. The SMILES string of the molecule is C[C@H](N)CN(C[C@@H](O)c1ccccc1)C(=O)OC(C)(C)C. The number of hydrogen-bond donors (Lipinski definition) is 2. The number of ether oxygens (including phenoxy) is 1. The van der Waals surface area contributed by atoms with Crippen LogP contribution in [0.1, 0.15) is 39.4 Å². The third-order valence-electron chi connectivity index (χ3n) is 2.74. The van der Waals surface area contributed by atoms with Crippen LogP contribution in [0.4, 0.5) is 4.79 Å². The lowest BCUT2D eigenvalue weighted by atomic mass is 10.1. The summed E-state index contributed by atoms with van der Waals surface area (Å²) in [7, 11) is 0. The summed E-state index contributed by atoms with van der Waals surface area (Å²) in [5, 5.41) is 10.3. The van der Waals surface area contributed by atoms with Crippen molar-refractivity contribution in [2.75, 3.05) is 13.1 Å². The molecule has 2 atom stereocenters. The van der Waals surface area contributed by atoms with E-state index in [2.05, 4.69) is 0 Å². The minimum Gasteiger partial charge on any atom is -0.444 e. The fraction of sp³-hybridized carbons (Fsp3) is 0.562. The Morgan fingerprint density at radius 1 is 1.29 bits per heavy atom. The number of rotatable bonds is 5. The van der Waals surface area contributed by atoms with E-state index in [4.69, 9.17) is 10.5 Å². The van der Waals surface area contributed by atoms with E-state index in [9.17, 15) is 9.90 Å². The van der Waals surface area contributed by atoms with Crippen molar-refractivity contribution in [1.82, 2.24) is 4.90 Å². The average Bonchev–Trinajstić information content (AvgIpc) is 2.36. The molecule has 1 aromatic rings. The molecule has 0 heterocycles. The standard InChI is InChI=1S/C16H26N2O3/c1-12(17)10-18(15(20)21-16(2,3)4)11-14(19)13-8-6-5-7-9-13/h5-9,12,14,19H,10-11,17H2,1-4H3/t12-,14+/m0/s1. The maximum Gasteiger partial charge on any atom is 0.410 e. The molecule has 21 heavy (non-hydrogen) atoms. The molecule has 0 aromatic heterocycles. The molecule has 0 fully saturated rings. The molecular weight excluding hydrogens is 268 g/mol. The molecule has 118 valence electrons. The fourth-order valence-corrected chi connectivity index (χ4v) is 1.89. The van der Waals surface area contributed by atoms with Gasteiger partial charge in [0.05, 0.1) is 12.6 Å². The molecule has 5 nitrogen and oxygen atoms in total. The van der Waals surface area contributed by atoms with Crippen molar-refractivity contribution in [1.29, 1.82) is 0 Å². The van der Waals surface area contributed by atoms with Gasteiger partial charge in [-0.25, -0.2) is 4.79 Å². The second kappa shape index (κ2) is 7.43. The van der Waals surface area contributed by atoms with Gasteiger partial charge in [0.2, 0.25) is 0 Å². The Morgan fingerprint density at radius 2 is 1.86 bits per heavy atom. The van der Waals surface area contributed by atoms with Crippen molar-refractivity contribution >= 4 is 6.09 Å². The Labute approximate surface area is 126 Å². The van der Waals surface area contributed by atoms with Gasteiger partial charge in [-0.3, -0.25) is 0 Å². The highest BCUT2D eigenvalue weighted by Crippen LogP contribution is 2.16. The zero-order valence-electron chi connectivity index (χ0n) is 13.2. The third kappa shape index (κ3) is 6.60. The Morgan fingerprint density at radius 3 is 2.33 bits per heavy atom. The largest absolute Gasteiger partial charge is 0.444 e. The van der Waals surface area contributed by atoms with Crippen molar-refractivity contribution in [2.45, 2.75) is 45.4 Å². The first kappa shape index (κ1) is 17.5. The van der Waals surface area contributed by atoms with E-state index < -0.39 is 17.8 Å². The fourth-order valence-electron chi connectivity index (χ4n) is 1.89. The van der Waals surface area contributed by atoms with Crippen LogP contribution in [-0.4, -0.2) is 40.8 Å². The van der Waals surface area contributed by atoms with Gasteiger partial charge in [-0.05, 0) is 33.3 Å². The maximum absolute atomic E-state index is 12.2. The summed E-state index contributed by atoms with van der Waals surface area (Å²) in [4.78, 5) is 13.7. The van der Waals surface area contributed by atoms with Gasteiger partial charge in [-0.2, -0.15) is 0 Å². The van der Waals surface area contributed by atoms with Crippen LogP contribution in [0.3, 0.4) is 0 Å². The van der Waals surface area contributed by atoms with Crippen LogP contribution < -0.4 is 5.73 Å². The van der Waals surface area contributed by atoms with E-state index in [0.717, 1.165) is 5.56 Å². The third-order valence-corrected chi connectivity index (χ3v) is 2.74. The molecule has 0 saturated carbocycles. The molecule has 0 radical (unpaired) electrons. The lowest BCUT2D eigenvalue weighted by Gasteiger charge is -2.30. The summed E-state index contributed by atoms with van der Waals surface area (Å²) >= 11 is 0. The first-order chi connectivity index (χ1) is 9.69. The Hall–Kier alpha value is -1.59. The van der Waals surface area contributed by atoms with Gasteiger partial charge < -0.3 is 20.5 Å². The molecule has 0 aliphatic heterocycles. The monoisotopic (exact) mass is 294 g/mol. The second-order valence-corrected chi connectivity index (χ2v) is 6.29. The summed E-state index contributed by atoms with van der Waals surface area (Å²) in [5.74, 6) is 0. The predicted octanol–water partition coefficient (Wildman–Crippen LogP) is 2.30. The maximum atomic E-state index is 12.2. The van der Waals surface area contributed by atoms with Gasteiger partial charge in [0.25, 0.3) is 0 Å². The molecule has 1 amide bonds. The second-order valence-electron chi connectivity index (χ2n) is 6.29. The predicted molar refractivity (Wildman–Crippen MR) is 82.9 cm³/mol. The van der Waals surface area contributed by atoms with E-state index in [0.29, 0.717) is 6.54 Å². The van der Waals surface area contributed by atoms with Crippen molar-refractivity contribution in [3.8, 4) is 0 Å². The molecule has 5 heteroatoms. The van der Waals surface area contributed by atoms with Crippen molar-refractivity contribution in [2.24, 2.45) is 5.73 Å². The molecule has 0 saturated heterocycles. The number of carbonyl (C=O) groups excluding carboxylic acids is 1. The molecule has 3 N–H and O–H groups in total. The van der Waals surface area contributed by atoms with Crippen LogP contribution in [0.15, 0.2) is 30.3 Å². The zero-order valence-corrected chi connectivity index (χ0v) is 13.2. The molecule has 0 aliphatic rings. The Balaban J connectivity index is 2.76. The molecule has 0 unspecified atom stereocenters. The number of benzene rings is 1. The molecular formula is C16H26N2O3. The summed E-state index contributed by atoms with van der Waals surface area (Å²) < 4.78 is 5.36. The van der Waals surface area contributed by atoms with Crippen LogP contribution in [0.5, 0.6) is 0 Å². The van der Waals surface area contributed by atoms with Crippen LogP contribution in [-0.2, 0) is 4.74 Å². The summed E-state index contributed by atoms with van der Waals surface area (Å²) in [6.45, 7) is 7.72. The molecule has 1 rings (SSSR count). The smallest absolute Gasteiger partial charge is 0.410 e. The highest BCUT2D eigenvalue weighted by Gasteiger charge is 2.25. The number of amides is 1. The number of nitrogens with two attached hydrogens (primary N) is 1. The number of hydrogen-bond acceptors (Lipinski definition) is 4. The first-order valence-corrected chi connectivity index (χ1v) is 7.15. The minimum absolute atomic E-state index is 0.153. The van der Waals surface area contributed by atoms with Gasteiger partial charge in [0.15, 0.2) is 0 Å². The normalized spacial score (nSPS) is 14.4. The highest BCUT2D eigenvalue weighted by molar-refractivity contribution is 5.68. The molecule has 1 aromatic carbocycles. The molecule has 0 aliphatic carbocycles. The van der Waals surface area contributed by atoms with Crippen LogP contribution >= 0.6 is 0 Å². The summed E-state index contributed by atoms with van der Waals surface area (Å²) in [5.41, 5.74) is 5.96. The topological polar surface area (TPSA) is 75.8 Å². The number of aliphatic hydroxyl groups is 1. The summed E-state index contributed by atoms with van der Waals surface area (Å²) in [6, 6.07) is 9.03. The number of carbonyl (C=O) groups is 1. The van der Waals surface area contributed by atoms with E-state index in [1.54, 1.807) is 0 Å². The highest BCUT2D eigenvalue weighted by atomic mass is 16.6.